The highest BCUT2D eigenvalue weighted by molar-refractivity contribution is 9.10. The Balaban J connectivity index is 2.25. The monoisotopic (exact) mass is 273 g/mol. The van der Waals surface area contributed by atoms with Gasteiger partial charge in [-0.15, -0.1) is 11.3 Å². The molecule has 1 aromatic heterocycles. The summed E-state index contributed by atoms with van der Waals surface area (Å²) >= 11 is 5.26. The maximum absolute atomic E-state index is 3.50. The van der Waals surface area contributed by atoms with Gasteiger partial charge >= 0.3 is 0 Å². The van der Waals surface area contributed by atoms with Crippen LogP contribution in [0.25, 0.3) is 6.08 Å². The van der Waals surface area contributed by atoms with Crippen molar-refractivity contribution < 1.29 is 0 Å². The maximum atomic E-state index is 3.50. The van der Waals surface area contributed by atoms with Crippen molar-refractivity contribution in [3.63, 3.8) is 0 Å². The second-order valence-corrected chi connectivity index (χ2v) is 5.23. The van der Waals surface area contributed by atoms with Gasteiger partial charge in [0.2, 0.25) is 0 Å². The van der Waals surface area contributed by atoms with Crippen LogP contribution in [0.2, 0.25) is 0 Å². The van der Waals surface area contributed by atoms with Crippen LogP contribution in [0.3, 0.4) is 0 Å². The summed E-state index contributed by atoms with van der Waals surface area (Å²) in [6.07, 6.45) is 5.48. The van der Waals surface area contributed by atoms with Crippen LogP contribution in [0.1, 0.15) is 25.1 Å². The zero-order valence-electron chi connectivity index (χ0n) is 8.59. The molecule has 0 atom stereocenters. The van der Waals surface area contributed by atoms with E-state index >= 15 is 0 Å². The topological polar surface area (TPSA) is 12.0 Å². The van der Waals surface area contributed by atoms with Gasteiger partial charge in [0, 0.05) is 15.4 Å². The van der Waals surface area contributed by atoms with Crippen molar-refractivity contribution in [1.82, 2.24) is 5.32 Å². The second-order valence-electron chi connectivity index (χ2n) is 3.43. The van der Waals surface area contributed by atoms with Crippen LogP contribution in [0.5, 0.6) is 0 Å². The minimum absolute atomic E-state index is 0.580. The fourth-order valence-electron chi connectivity index (χ4n) is 1.07. The molecular formula is C11H16BrNS. The number of nitrogens with one attached hydrogen (secondary N) is 1. The minimum Gasteiger partial charge on any atom is -0.314 e. The third-order valence-corrected chi connectivity index (χ3v) is 3.61. The van der Waals surface area contributed by atoms with Gasteiger partial charge in [0.05, 0.1) is 0 Å². The summed E-state index contributed by atoms with van der Waals surface area (Å²) in [5.41, 5.74) is 0. The molecular weight excluding hydrogens is 258 g/mol. The first-order chi connectivity index (χ1) is 6.70. The molecule has 0 fully saturated rings. The Morgan fingerprint density at radius 2 is 2.36 bits per heavy atom. The number of rotatable bonds is 5. The summed E-state index contributed by atoms with van der Waals surface area (Å²) in [6.45, 7) is 5.39. The molecule has 1 nitrogen and oxygen atoms in total. The Bertz CT molecular complexity index is 291. The van der Waals surface area contributed by atoms with Gasteiger partial charge < -0.3 is 5.32 Å². The molecule has 1 rings (SSSR count). The smallest absolute Gasteiger partial charge is 0.0409 e. The van der Waals surface area contributed by atoms with Crippen molar-refractivity contribution in [2.24, 2.45) is 0 Å². The first-order valence-corrected chi connectivity index (χ1v) is 6.50. The fraction of sp³-hybridized carbons (Fsp3) is 0.455. The molecule has 0 aliphatic heterocycles. The van der Waals surface area contributed by atoms with E-state index in [-0.39, 0.29) is 0 Å². The molecule has 78 valence electrons. The lowest BCUT2D eigenvalue weighted by Crippen LogP contribution is -2.23. The van der Waals surface area contributed by atoms with Crippen molar-refractivity contribution >= 4 is 33.3 Å². The van der Waals surface area contributed by atoms with Gasteiger partial charge in [-0.05, 0) is 46.4 Å². The quantitative estimate of drug-likeness (QED) is 0.803. The molecule has 0 amide bonds. The van der Waals surface area contributed by atoms with E-state index in [2.05, 4.69) is 58.7 Å². The van der Waals surface area contributed by atoms with Crippen molar-refractivity contribution in [2.45, 2.75) is 26.3 Å². The summed E-state index contributed by atoms with van der Waals surface area (Å²) in [7, 11) is 0. The summed E-state index contributed by atoms with van der Waals surface area (Å²) in [5, 5.41) is 5.47. The lowest BCUT2D eigenvalue weighted by molar-refractivity contribution is 0.595. The highest BCUT2D eigenvalue weighted by Gasteiger charge is 1.95. The van der Waals surface area contributed by atoms with E-state index in [1.165, 1.54) is 9.35 Å². The molecule has 0 radical (unpaired) electrons. The number of halogens is 1. The molecule has 0 aliphatic carbocycles. The van der Waals surface area contributed by atoms with Crippen LogP contribution in [0, 0.1) is 0 Å². The Hall–Kier alpha value is -0.120. The van der Waals surface area contributed by atoms with Gasteiger partial charge in [0.25, 0.3) is 0 Å². The number of hydrogen-bond donors (Lipinski definition) is 1. The van der Waals surface area contributed by atoms with Crippen molar-refractivity contribution in [3.8, 4) is 0 Å². The third-order valence-electron chi connectivity index (χ3n) is 1.78. The van der Waals surface area contributed by atoms with E-state index in [0.717, 1.165) is 13.0 Å². The standard InChI is InChI=1S/C11H16BrNS/c1-9(2)13-7-4-3-5-11-10(12)6-8-14-11/h3,5-6,8-9,13H,4,7H2,1-2H3. The predicted molar refractivity (Wildman–Crippen MR) is 68.8 cm³/mol. The zero-order valence-corrected chi connectivity index (χ0v) is 11.0. The molecule has 1 N–H and O–H groups in total. The molecule has 0 saturated carbocycles. The summed E-state index contributed by atoms with van der Waals surface area (Å²) in [6, 6.07) is 2.66. The Labute approximate surface area is 98.4 Å². The molecule has 0 bridgehead atoms. The highest BCUT2D eigenvalue weighted by Crippen LogP contribution is 2.23. The van der Waals surface area contributed by atoms with Gasteiger partial charge in [-0.3, -0.25) is 0 Å². The summed E-state index contributed by atoms with van der Waals surface area (Å²) in [4.78, 5) is 1.30. The first kappa shape index (κ1) is 12.0. The highest BCUT2D eigenvalue weighted by atomic mass is 79.9. The van der Waals surface area contributed by atoms with Crippen molar-refractivity contribution in [3.05, 3.63) is 26.9 Å². The van der Waals surface area contributed by atoms with Crippen LogP contribution in [0.4, 0.5) is 0 Å². The SMILES string of the molecule is CC(C)NCCC=Cc1sccc1Br. The van der Waals surface area contributed by atoms with Crippen LogP contribution < -0.4 is 5.32 Å². The van der Waals surface area contributed by atoms with Crippen molar-refractivity contribution in [1.29, 1.82) is 0 Å². The normalized spacial score (nSPS) is 11.7. The van der Waals surface area contributed by atoms with Gasteiger partial charge in [0.1, 0.15) is 0 Å². The van der Waals surface area contributed by atoms with E-state index in [4.69, 9.17) is 0 Å². The molecule has 3 heteroatoms. The van der Waals surface area contributed by atoms with Gasteiger partial charge in [0.15, 0.2) is 0 Å². The molecule has 1 heterocycles. The number of hydrogen-bond acceptors (Lipinski definition) is 2. The Kier molecular flexibility index (Phi) is 5.45. The Morgan fingerprint density at radius 1 is 1.57 bits per heavy atom. The minimum atomic E-state index is 0.580. The van der Waals surface area contributed by atoms with Crippen LogP contribution in [-0.4, -0.2) is 12.6 Å². The molecule has 14 heavy (non-hydrogen) atoms. The average molecular weight is 274 g/mol. The molecule has 0 spiro atoms. The van der Waals surface area contributed by atoms with Gasteiger partial charge in [-0.1, -0.05) is 19.9 Å². The first-order valence-electron chi connectivity index (χ1n) is 4.83. The largest absolute Gasteiger partial charge is 0.314 e. The van der Waals surface area contributed by atoms with Crippen molar-refractivity contribution in [2.75, 3.05) is 6.54 Å². The van der Waals surface area contributed by atoms with Crippen LogP contribution >= 0.6 is 27.3 Å². The summed E-state index contributed by atoms with van der Waals surface area (Å²) < 4.78 is 1.19. The maximum Gasteiger partial charge on any atom is 0.0409 e. The zero-order chi connectivity index (χ0) is 10.4. The predicted octanol–water partition coefficient (Wildman–Crippen LogP) is 3.91. The third kappa shape index (κ3) is 4.40. The summed E-state index contributed by atoms with van der Waals surface area (Å²) in [5.74, 6) is 0. The van der Waals surface area contributed by atoms with Crippen LogP contribution in [-0.2, 0) is 0 Å². The molecule has 0 aromatic carbocycles. The molecule has 1 aromatic rings. The molecule has 0 saturated heterocycles. The fourth-order valence-corrected chi connectivity index (χ4v) is 2.50. The van der Waals surface area contributed by atoms with E-state index in [1.54, 1.807) is 11.3 Å². The molecule has 0 aliphatic rings. The average Bonchev–Trinajstić information content (AvgIpc) is 2.51. The lowest BCUT2D eigenvalue weighted by Gasteiger charge is -2.04. The van der Waals surface area contributed by atoms with E-state index in [0.29, 0.717) is 6.04 Å². The Morgan fingerprint density at radius 3 is 2.93 bits per heavy atom. The second kappa shape index (κ2) is 6.38. The van der Waals surface area contributed by atoms with E-state index in [1.807, 2.05) is 0 Å². The van der Waals surface area contributed by atoms with Crippen LogP contribution in [0.15, 0.2) is 22.0 Å². The van der Waals surface area contributed by atoms with Gasteiger partial charge in [-0.25, -0.2) is 0 Å². The molecule has 0 unspecified atom stereocenters. The lowest BCUT2D eigenvalue weighted by atomic mass is 10.3. The number of thiophene rings is 1. The van der Waals surface area contributed by atoms with Gasteiger partial charge in [-0.2, -0.15) is 0 Å². The van der Waals surface area contributed by atoms with E-state index < -0.39 is 0 Å². The van der Waals surface area contributed by atoms with E-state index in [9.17, 15) is 0 Å².